The van der Waals surface area contributed by atoms with Gasteiger partial charge in [0.2, 0.25) is 0 Å². The van der Waals surface area contributed by atoms with E-state index in [2.05, 4.69) is 13.0 Å². The predicted molar refractivity (Wildman–Crippen MR) is 88.0 cm³/mol. The predicted octanol–water partition coefficient (Wildman–Crippen LogP) is 3.49. The van der Waals surface area contributed by atoms with Gasteiger partial charge in [-0.3, -0.25) is 0 Å². The molecule has 3 N–H and O–H groups in total. The lowest BCUT2D eigenvalue weighted by atomic mass is 9.55. The molecule has 2 fully saturated rings. The maximum atomic E-state index is 10.4. The average Bonchev–Trinajstić information content (AvgIpc) is 2.83. The number of hydrogen-bond donors (Lipinski definition) is 2. The van der Waals surface area contributed by atoms with E-state index in [9.17, 15) is 5.11 Å². The van der Waals surface area contributed by atoms with Crippen LogP contribution in [-0.2, 0) is 6.42 Å². The number of aliphatic hydroxyl groups excluding tert-OH is 1. The molecule has 3 unspecified atom stereocenters. The summed E-state index contributed by atoms with van der Waals surface area (Å²) in [7, 11) is 1.69. The smallest absolute Gasteiger partial charge is 0.142 e. The zero-order valence-corrected chi connectivity index (χ0v) is 13.6. The van der Waals surface area contributed by atoms with Gasteiger partial charge in [-0.15, -0.1) is 0 Å². The average molecular weight is 301 g/mol. The molecule has 5 atom stereocenters. The summed E-state index contributed by atoms with van der Waals surface area (Å²) in [6, 6.07) is 4.28. The molecule has 0 radical (unpaired) electrons. The largest absolute Gasteiger partial charge is 0.495 e. The topological polar surface area (TPSA) is 55.5 Å². The molecule has 22 heavy (non-hydrogen) atoms. The van der Waals surface area contributed by atoms with Crippen LogP contribution in [0.15, 0.2) is 12.1 Å². The highest BCUT2D eigenvalue weighted by Gasteiger charge is 2.54. The first-order valence-electron chi connectivity index (χ1n) is 8.69. The summed E-state index contributed by atoms with van der Waals surface area (Å²) in [5, 5.41) is 10.4. The SMILES string of the molecule is COc1ccc2c(c1N)CC[C@@H]1C2CC[C@]2(C)C(O)CCC12. The molecule has 0 aromatic heterocycles. The minimum Gasteiger partial charge on any atom is -0.495 e. The standard InChI is InChI=1S/C19H27NO2/c1-19-10-9-12-11-5-7-16(22-2)18(20)14(11)4-3-13(12)15(19)6-8-17(19)21/h5,7,12-13,15,17,21H,3-4,6,8-10,20H2,1-2H3/t12?,13-,15?,17?,19+/m1/s1. The number of nitrogen functional groups attached to an aromatic ring is 1. The van der Waals surface area contributed by atoms with Crippen LogP contribution in [0.25, 0.3) is 0 Å². The van der Waals surface area contributed by atoms with Crippen molar-refractivity contribution in [2.45, 2.75) is 57.5 Å². The monoisotopic (exact) mass is 301 g/mol. The highest BCUT2D eigenvalue weighted by Crippen LogP contribution is 2.61. The van der Waals surface area contributed by atoms with Crippen LogP contribution in [0.3, 0.4) is 0 Å². The van der Waals surface area contributed by atoms with Crippen molar-refractivity contribution in [3.05, 3.63) is 23.3 Å². The molecule has 3 nitrogen and oxygen atoms in total. The normalized spacial score (nSPS) is 39.8. The molecule has 3 heteroatoms. The van der Waals surface area contributed by atoms with Crippen LogP contribution in [0, 0.1) is 17.3 Å². The van der Waals surface area contributed by atoms with E-state index in [1.807, 2.05) is 6.07 Å². The van der Waals surface area contributed by atoms with Crippen LogP contribution in [0.5, 0.6) is 5.75 Å². The van der Waals surface area contributed by atoms with Crippen LogP contribution in [0.1, 0.15) is 56.1 Å². The van der Waals surface area contributed by atoms with E-state index in [-0.39, 0.29) is 11.5 Å². The van der Waals surface area contributed by atoms with E-state index >= 15 is 0 Å². The number of benzene rings is 1. The molecular formula is C19H27NO2. The molecule has 4 rings (SSSR count). The third-order valence-electron chi connectivity index (χ3n) is 7.09. The fourth-order valence-electron chi connectivity index (χ4n) is 5.82. The van der Waals surface area contributed by atoms with E-state index in [0.29, 0.717) is 11.8 Å². The molecule has 1 aromatic carbocycles. The molecule has 1 aromatic rings. The summed E-state index contributed by atoms with van der Waals surface area (Å²) < 4.78 is 5.39. The van der Waals surface area contributed by atoms with Crippen LogP contribution >= 0.6 is 0 Å². The zero-order valence-electron chi connectivity index (χ0n) is 13.6. The molecule has 0 amide bonds. The molecule has 0 spiro atoms. The fourth-order valence-corrected chi connectivity index (χ4v) is 5.82. The molecule has 0 heterocycles. The Morgan fingerprint density at radius 2 is 2.05 bits per heavy atom. The van der Waals surface area contributed by atoms with Crippen molar-refractivity contribution in [3.8, 4) is 5.75 Å². The second-order valence-electron chi connectivity index (χ2n) is 7.80. The second kappa shape index (κ2) is 4.89. The van der Waals surface area contributed by atoms with Gasteiger partial charge in [0.25, 0.3) is 0 Å². The van der Waals surface area contributed by atoms with E-state index in [1.54, 1.807) is 7.11 Å². The van der Waals surface area contributed by atoms with E-state index in [0.717, 1.165) is 36.6 Å². The Labute approximate surface area is 132 Å². The van der Waals surface area contributed by atoms with Crippen LogP contribution < -0.4 is 10.5 Å². The van der Waals surface area contributed by atoms with Gasteiger partial charge in [0.1, 0.15) is 5.75 Å². The Bertz CT molecular complexity index is 599. The summed E-state index contributed by atoms with van der Waals surface area (Å²) >= 11 is 0. The molecule has 3 aliphatic rings. The lowest BCUT2D eigenvalue weighted by Gasteiger charge is -2.50. The number of methoxy groups -OCH3 is 1. The quantitative estimate of drug-likeness (QED) is 0.781. The third kappa shape index (κ3) is 1.78. The van der Waals surface area contributed by atoms with Gasteiger partial charge in [-0.1, -0.05) is 13.0 Å². The Hall–Kier alpha value is -1.22. The first kappa shape index (κ1) is 14.4. The van der Waals surface area contributed by atoms with Gasteiger partial charge in [-0.05, 0) is 78.9 Å². The van der Waals surface area contributed by atoms with E-state index in [1.165, 1.54) is 30.4 Å². The van der Waals surface area contributed by atoms with Gasteiger partial charge in [-0.2, -0.15) is 0 Å². The molecule has 2 saturated carbocycles. The van der Waals surface area contributed by atoms with Crippen molar-refractivity contribution in [3.63, 3.8) is 0 Å². The number of aliphatic hydroxyl groups is 1. The number of fused-ring (bicyclic) bond motifs is 5. The van der Waals surface area contributed by atoms with Crippen molar-refractivity contribution < 1.29 is 9.84 Å². The van der Waals surface area contributed by atoms with Gasteiger partial charge >= 0.3 is 0 Å². The number of ether oxygens (including phenoxy) is 1. The number of anilines is 1. The van der Waals surface area contributed by atoms with Crippen molar-refractivity contribution in [2.75, 3.05) is 12.8 Å². The number of nitrogens with two attached hydrogens (primary N) is 1. The first-order chi connectivity index (χ1) is 10.6. The van der Waals surface area contributed by atoms with Crippen LogP contribution in [0.2, 0.25) is 0 Å². The Morgan fingerprint density at radius 1 is 1.23 bits per heavy atom. The minimum atomic E-state index is -0.0965. The summed E-state index contributed by atoms with van der Waals surface area (Å²) in [4.78, 5) is 0. The molecule has 120 valence electrons. The first-order valence-corrected chi connectivity index (χ1v) is 8.69. The van der Waals surface area contributed by atoms with Gasteiger partial charge < -0.3 is 15.6 Å². The third-order valence-corrected chi connectivity index (χ3v) is 7.09. The van der Waals surface area contributed by atoms with Crippen molar-refractivity contribution in [2.24, 2.45) is 17.3 Å². The highest BCUT2D eigenvalue weighted by molar-refractivity contribution is 5.63. The van der Waals surface area contributed by atoms with Gasteiger partial charge in [0.15, 0.2) is 0 Å². The second-order valence-corrected chi connectivity index (χ2v) is 7.80. The van der Waals surface area contributed by atoms with E-state index < -0.39 is 0 Å². The molecule has 0 bridgehead atoms. The molecule has 0 saturated heterocycles. The Kier molecular flexibility index (Phi) is 3.19. The summed E-state index contributed by atoms with van der Waals surface area (Å²) in [5.41, 5.74) is 10.1. The zero-order chi connectivity index (χ0) is 15.5. The number of rotatable bonds is 1. The molecule has 3 aliphatic carbocycles. The fraction of sp³-hybridized carbons (Fsp3) is 0.684. The maximum Gasteiger partial charge on any atom is 0.142 e. The summed E-state index contributed by atoms with van der Waals surface area (Å²) in [6.07, 6.45) is 6.69. The summed E-state index contributed by atoms with van der Waals surface area (Å²) in [5.74, 6) is 2.84. The van der Waals surface area contributed by atoms with Crippen molar-refractivity contribution >= 4 is 5.69 Å². The highest BCUT2D eigenvalue weighted by atomic mass is 16.5. The summed E-state index contributed by atoms with van der Waals surface area (Å²) in [6.45, 7) is 2.32. The maximum absolute atomic E-state index is 10.4. The van der Waals surface area contributed by atoms with Crippen LogP contribution in [-0.4, -0.2) is 18.3 Å². The van der Waals surface area contributed by atoms with Crippen LogP contribution in [0.4, 0.5) is 5.69 Å². The van der Waals surface area contributed by atoms with Crippen molar-refractivity contribution in [1.29, 1.82) is 0 Å². The van der Waals surface area contributed by atoms with E-state index in [4.69, 9.17) is 10.5 Å². The van der Waals surface area contributed by atoms with Gasteiger partial charge in [0.05, 0.1) is 18.9 Å². The molecule has 0 aliphatic heterocycles. The molecular weight excluding hydrogens is 274 g/mol. The Balaban J connectivity index is 1.72. The lowest BCUT2D eigenvalue weighted by Crippen LogP contribution is -2.44. The Morgan fingerprint density at radius 3 is 2.82 bits per heavy atom. The lowest BCUT2D eigenvalue weighted by molar-refractivity contribution is -0.0225. The van der Waals surface area contributed by atoms with Gasteiger partial charge in [0, 0.05) is 0 Å². The minimum absolute atomic E-state index is 0.0965. The number of hydrogen-bond acceptors (Lipinski definition) is 3. The van der Waals surface area contributed by atoms with Gasteiger partial charge in [-0.25, -0.2) is 0 Å². The van der Waals surface area contributed by atoms with Crippen molar-refractivity contribution in [1.82, 2.24) is 0 Å².